The first-order valence-corrected chi connectivity index (χ1v) is 8.39. The van der Waals surface area contributed by atoms with Crippen LogP contribution in [0.1, 0.15) is 25.1 Å². The van der Waals surface area contributed by atoms with E-state index in [1.165, 1.54) is 4.57 Å². The summed E-state index contributed by atoms with van der Waals surface area (Å²) in [4.78, 5) is 32.0. The highest BCUT2D eigenvalue weighted by Gasteiger charge is 2.12. The molecule has 6 nitrogen and oxygen atoms in total. The molecule has 0 spiro atoms. The summed E-state index contributed by atoms with van der Waals surface area (Å²) in [6, 6.07) is 12.5. The molecule has 0 aliphatic rings. The second kappa shape index (κ2) is 7.40. The molecule has 1 atom stereocenters. The van der Waals surface area contributed by atoms with Crippen molar-refractivity contribution < 1.29 is 4.79 Å². The Kier molecular flexibility index (Phi) is 5.04. The molecular formula is C18H18N4O2S. The van der Waals surface area contributed by atoms with E-state index in [-0.39, 0.29) is 30.5 Å². The summed E-state index contributed by atoms with van der Waals surface area (Å²) in [6.07, 6.45) is 1.85. The van der Waals surface area contributed by atoms with E-state index in [0.717, 1.165) is 5.69 Å². The van der Waals surface area contributed by atoms with Crippen LogP contribution in [0.5, 0.6) is 0 Å². The number of carbonyl (C=O) groups is 1. The number of carbonyl (C=O) groups excluding carboxylic acids is 1. The van der Waals surface area contributed by atoms with Crippen LogP contribution in [0, 0.1) is 4.77 Å². The Bertz CT molecular complexity index is 1010. The van der Waals surface area contributed by atoms with Crippen LogP contribution in [-0.2, 0) is 11.3 Å². The smallest absolute Gasteiger partial charge is 0.262 e. The summed E-state index contributed by atoms with van der Waals surface area (Å²) in [5, 5.41) is 3.44. The van der Waals surface area contributed by atoms with E-state index < -0.39 is 0 Å². The fraction of sp³-hybridized carbons (Fsp3) is 0.222. The molecule has 0 fully saturated rings. The number of fused-ring (bicyclic) bond motifs is 1. The minimum atomic E-state index is -0.198. The maximum atomic E-state index is 12.5. The lowest BCUT2D eigenvalue weighted by molar-refractivity contribution is -0.122. The second-order valence-electron chi connectivity index (χ2n) is 5.73. The molecule has 25 heavy (non-hydrogen) atoms. The van der Waals surface area contributed by atoms with E-state index in [9.17, 15) is 9.59 Å². The van der Waals surface area contributed by atoms with Crippen molar-refractivity contribution in [1.82, 2.24) is 19.9 Å². The first-order valence-electron chi connectivity index (χ1n) is 7.98. The summed E-state index contributed by atoms with van der Waals surface area (Å²) < 4.78 is 1.73. The number of aromatic amines is 1. The molecule has 128 valence electrons. The van der Waals surface area contributed by atoms with Gasteiger partial charge in [-0.3, -0.25) is 19.1 Å². The third-order valence-electron chi connectivity index (χ3n) is 3.96. The molecule has 0 saturated carbocycles. The third-order valence-corrected chi connectivity index (χ3v) is 4.28. The van der Waals surface area contributed by atoms with Crippen LogP contribution < -0.4 is 10.9 Å². The van der Waals surface area contributed by atoms with Crippen molar-refractivity contribution >= 4 is 29.0 Å². The van der Waals surface area contributed by atoms with Gasteiger partial charge in [0.15, 0.2) is 4.77 Å². The Hall–Kier alpha value is -2.80. The highest BCUT2D eigenvalue weighted by atomic mass is 32.1. The number of pyridine rings is 1. The predicted molar refractivity (Wildman–Crippen MR) is 98.8 cm³/mol. The van der Waals surface area contributed by atoms with Gasteiger partial charge >= 0.3 is 0 Å². The number of para-hydroxylation sites is 1. The van der Waals surface area contributed by atoms with E-state index in [4.69, 9.17) is 12.2 Å². The van der Waals surface area contributed by atoms with Gasteiger partial charge in [-0.05, 0) is 43.4 Å². The van der Waals surface area contributed by atoms with Crippen molar-refractivity contribution in [3.63, 3.8) is 0 Å². The molecule has 2 heterocycles. The number of hydrogen-bond donors (Lipinski definition) is 2. The van der Waals surface area contributed by atoms with Crippen LogP contribution >= 0.6 is 12.2 Å². The van der Waals surface area contributed by atoms with Gasteiger partial charge in [-0.1, -0.05) is 18.2 Å². The highest BCUT2D eigenvalue weighted by molar-refractivity contribution is 7.71. The van der Waals surface area contributed by atoms with Crippen LogP contribution in [0.3, 0.4) is 0 Å². The van der Waals surface area contributed by atoms with Crippen LogP contribution in [0.2, 0.25) is 0 Å². The lowest BCUT2D eigenvalue weighted by Crippen LogP contribution is -2.30. The minimum absolute atomic E-state index is 0.160. The molecule has 0 radical (unpaired) electrons. The van der Waals surface area contributed by atoms with Gasteiger partial charge in [-0.2, -0.15) is 0 Å². The fourth-order valence-corrected chi connectivity index (χ4v) is 2.92. The molecule has 7 heteroatoms. The molecule has 0 saturated heterocycles. The molecule has 1 amide bonds. The number of aromatic nitrogens is 3. The van der Waals surface area contributed by atoms with Crippen molar-refractivity contribution in [3.05, 3.63) is 69.5 Å². The fourth-order valence-electron chi connectivity index (χ4n) is 2.64. The standard InChI is InChI=1S/C18H18N4O2S/c1-12(14-7-4-5-10-19-14)20-16(23)9-11-22-17(24)13-6-2-3-8-15(13)21-18(22)25/h2-8,10,12H,9,11H2,1H3,(H,20,23)(H,21,25). The first kappa shape index (κ1) is 17.0. The Morgan fingerprint density at radius 2 is 2.04 bits per heavy atom. The van der Waals surface area contributed by atoms with Gasteiger partial charge in [-0.15, -0.1) is 0 Å². The molecule has 0 aliphatic carbocycles. The van der Waals surface area contributed by atoms with Crippen LogP contribution in [0.25, 0.3) is 10.9 Å². The van der Waals surface area contributed by atoms with Gasteiger partial charge in [0.25, 0.3) is 5.56 Å². The Morgan fingerprint density at radius 3 is 2.80 bits per heavy atom. The van der Waals surface area contributed by atoms with Crippen LogP contribution in [-0.4, -0.2) is 20.4 Å². The molecule has 0 aliphatic heterocycles. The van der Waals surface area contributed by atoms with Crippen molar-refractivity contribution in [2.24, 2.45) is 0 Å². The molecular weight excluding hydrogens is 336 g/mol. The van der Waals surface area contributed by atoms with E-state index in [0.29, 0.717) is 15.7 Å². The van der Waals surface area contributed by atoms with Crippen LogP contribution in [0.4, 0.5) is 0 Å². The molecule has 0 bridgehead atoms. The van der Waals surface area contributed by atoms with Crippen molar-refractivity contribution in [2.45, 2.75) is 25.9 Å². The van der Waals surface area contributed by atoms with E-state index in [2.05, 4.69) is 15.3 Å². The lowest BCUT2D eigenvalue weighted by Gasteiger charge is -2.14. The monoisotopic (exact) mass is 354 g/mol. The number of hydrogen-bond acceptors (Lipinski definition) is 4. The normalized spacial score (nSPS) is 12.0. The van der Waals surface area contributed by atoms with Gasteiger partial charge in [0.05, 0.1) is 22.6 Å². The van der Waals surface area contributed by atoms with Crippen molar-refractivity contribution in [3.8, 4) is 0 Å². The van der Waals surface area contributed by atoms with Crippen molar-refractivity contribution in [2.75, 3.05) is 0 Å². The topological polar surface area (TPSA) is 79.8 Å². The molecule has 1 unspecified atom stereocenters. The number of amides is 1. The Labute approximate surface area is 149 Å². The van der Waals surface area contributed by atoms with E-state index in [1.807, 2.05) is 31.2 Å². The summed E-state index contributed by atoms with van der Waals surface area (Å²) in [7, 11) is 0. The maximum Gasteiger partial charge on any atom is 0.262 e. The maximum absolute atomic E-state index is 12.5. The molecule has 3 rings (SSSR count). The number of rotatable bonds is 5. The van der Waals surface area contributed by atoms with Crippen molar-refractivity contribution in [1.29, 1.82) is 0 Å². The third kappa shape index (κ3) is 3.83. The van der Waals surface area contributed by atoms with Gasteiger partial charge in [0, 0.05) is 19.2 Å². The van der Waals surface area contributed by atoms with E-state index >= 15 is 0 Å². The number of nitrogens with zero attached hydrogens (tertiary/aromatic N) is 2. The number of benzene rings is 1. The average molecular weight is 354 g/mol. The molecule has 1 aromatic carbocycles. The Morgan fingerprint density at radius 1 is 1.28 bits per heavy atom. The van der Waals surface area contributed by atoms with Gasteiger partial charge < -0.3 is 10.3 Å². The predicted octanol–water partition coefficient (Wildman–Crippen LogP) is 2.72. The molecule has 3 aromatic rings. The summed E-state index contributed by atoms with van der Waals surface area (Å²) in [5.74, 6) is -0.160. The zero-order valence-corrected chi connectivity index (χ0v) is 14.5. The van der Waals surface area contributed by atoms with Gasteiger partial charge in [0.1, 0.15) is 0 Å². The lowest BCUT2D eigenvalue weighted by atomic mass is 10.2. The average Bonchev–Trinajstić information content (AvgIpc) is 2.62. The summed E-state index contributed by atoms with van der Waals surface area (Å²) in [5.41, 5.74) is 1.29. The Balaban J connectivity index is 1.71. The summed E-state index contributed by atoms with van der Waals surface area (Å²) >= 11 is 5.25. The highest BCUT2D eigenvalue weighted by Crippen LogP contribution is 2.09. The van der Waals surface area contributed by atoms with E-state index in [1.54, 1.807) is 24.4 Å². The zero-order valence-electron chi connectivity index (χ0n) is 13.7. The number of H-pyrrole nitrogens is 1. The zero-order chi connectivity index (χ0) is 17.8. The quantitative estimate of drug-likeness (QED) is 0.691. The molecule has 2 N–H and O–H groups in total. The first-order chi connectivity index (χ1) is 12.1. The largest absolute Gasteiger partial charge is 0.348 e. The SMILES string of the molecule is CC(NC(=O)CCn1c(=S)[nH]c2ccccc2c1=O)c1ccccn1. The van der Waals surface area contributed by atoms with Crippen LogP contribution in [0.15, 0.2) is 53.5 Å². The van der Waals surface area contributed by atoms with Gasteiger partial charge in [0.2, 0.25) is 5.91 Å². The minimum Gasteiger partial charge on any atom is -0.348 e. The second-order valence-corrected chi connectivity index (χ2v) is 6.11. The molecule has 2 aromatic heterocycles. The summed E-state index contributed by atoms with van der Waals surface area (Å²) in [6.45, 7) is 2.09. The number of nitrogens with one attached hydrogen (secondary N) is 2. The van der Waals surface area contributed by atoms with Gasteiger partial charge in [-0.25, -0.2) is 0 Å².